The summed E-state index contributed by atoms with van der Waals surface area (Å²) in [4.78, 5) is 0.407. The van der Waals surface area contributed by atoms with Gasteiger partial charge in [0.1, 0.15) is 12.4 Å². The van der Waals surface area contributed by atoms with Crippen LogP contribution in [-0.4, -0.2) is 45.7 Å². The van der Waals surface area contributed by atoms with E-state index >= 15 is 0 Å². The second kappa shape index (κ2) is 19.1. The van der Waals surface area contributed by atoms with E-state index in [0.717, 1.165) is 47.3 Å². The van der Waals surface area contributed by atoms with Gasteiger partial charge in [-0.25, -0.2) is 8.42 Å². The van der Waals surface area contributed by atoms with Gasteiger partial charge in [-0.15, -0.1) is 0 Å². The van der Waals surface area contributed by atoms with Crippen LogP contribution in [-0.2, 0) is 14.6 Å². The van der Waals surface area contributed by atoms with E-state index in [-0.39, 0.29) is 12.4 Å². The van der Waals surface area contributed by atoms with Gasteiger partial charge in [-0.3, -0.25) is 0 Å². The average molecular weight is 591 g/mol. The number of hydrogen-bond donors (Lipinski definition) is 1. The molecule has 3 rings (SSSR count). The van der Waals surface area contributed by atoms with Gasteiger partial charge in [-0.1, -0.05) is 125 Å². The van der Waals surface area contributed by atoms with E-state index in [1.54, 1.807) is 12.1 Å². The molecule has 0 unspecified atom stereocenters. The van der Waals surface area contributed by atoms with E-state index in [1.807, 2.05) is 48.6 Å². The highest BCUT2D eigenvalue weighted by atomic mass is 32.2. The van der Waals surface area contributed by atoms with Gasteiger partial charge < -0.3 is 14.6 Å². The molecule has 42 heavy (non-hydrogen) atoms. The van der Waals surface area contributed by atoms with Crippen molar-refractivity contribution in [3.63, 3.8) is 0 Å². The monoisotopic (exact) mass is 590 g/mol. The van der Waals surface area contributed by atoms with E-state index in [9.17, 15) is 8.42 Å². The molecule has 0 bridgehead atoms. The summed E-state index contributed by atoms with van der Waals surface area (Å²) in [5.74, 6) is 1.01. The number of aliphatic hydroxyl groups excluding tert-OH is 1. The van der Waals surface area contributed by atoms with Crippen LogP contribution in [0.1, 0.15) is 80.5 Å². The number of ether oxygens (including phenoxy) is 2. The fourth-order valence-electron chi connectivity index (χ4n) is 4.49. The maximum Gasteiger partial charge on any atom is 0.178 e. The summed E-state index contributed by atoms with van der Waals surface area (Å²) in [5.41, 5.74) is 4.21. The van der Waals surface area contributed by atoms with Gasteiger partial charge in [0, 0.05) is 0 Å². The first-order chi connectivity index (χ1) is 20.5. The molecule has 0 aromatic heterocycles. The van der Waals surface area contributed by atoms with Gasteiger partial charge >= 0.3 is 0 Å². The quantitative estimate of drug-likeness (QED) is 0.106. The summed E-state index contributed by atoms with van der Waals surface area (Å²) in [6.45, 7) is 3.45. The molecule has 0 aliphatic carbocycles. The lowest BCUT2D eigenvalue weighted by atomic mass is 10.1. The molecule has 226 valence electrons. The molecule has 1 N–H and O–H groups in total. The van der Waals surface area contributed by atoms with Crippen LogP contribution in [0.3, 0.4) is 0 Å². The number of benzene rings is 3. The van der Waals surface area contributed by atoms with Crippen molar-refractivity contribution < 1.29 is 23.0 Å². The minimum absolute atomic E-state index is 0.0181. The second-order valence-corrected chi connectivity index (χ2v) is 12.6. The lowest BCUT2D eigenvalue weighted by molar-refractivity contribution is 0.0705. The molecule has 0 fully saturated rings. The van der Waals surface area contributed by atoms with Crippen molar-refractivity contribution in [1.29, 1.82) is 0 Å². The standard InChI is InChI=1S/C36H46O5S/c1-2-3-4-5-6-7-8-9-30-42(38,39)36-24-20-34(21-25-36)17-15-32-12-10-31(11-13-32)14-16-33-18-22-35(23-19-33)41-29-28-40-27-26-37/h10-25,37H,2-9,26-30H2,1H3/b16-14+,17-15+. The molecular formula is C36H46O5S. The van der Waals surface area contributed by atoms with Crippen LogP contribution >= 0.6 is 0 Å². The van der Waals surface area contributed by atoms with Crippen LogP contribution in [0.15, 0.2) is 77.7 Å². The smallest absolute Gasteiger partial charge is 0.178 e. The Morgan fingerprint density at radius 1 is 0.595 bits per heavy atom. The fraction of sp³-hybridized carbons (Fsp3) is 0.389. The van der Waals surface area contributed by atoms with Crippen LogP contribution in [0, 0.1) is 0 Å². The molecule has 0 amide bonds. The molecular weight excluding hydrogens is 544 g/mol. The van der Waals surface area contributed by atoms with Crippen LogP contribution in [0.25, 0.3) is 24.3 Å². The van der Waals surface area contributed by atoms with Crippen molar-refractivity contribution in [2.24, 2.45) is 0 Å². The van der Waals surface area contributed by atoms with E-state index in [0.29, 0.717) is 24.7 Å². The molecule has 0 aliphatic heterocycles. The third kappa shape index (κ3) is 12.8. The Morgan fingerprint density at radius 3 is 1.55 bits per heavy atom. The van der Waals surface area contributed by atoms with E-state index in [2.05, 4.69) is 43.3 Å². The first-order valence-corrected chi connectivity index (χ1v) is 16.9. The number of sulfone groups is 1. The topological polar surface area (TPSA) is 72.8 Å². The predicted octanol–water partition coefficient (Wildman–Crippen LogP) is 8.33. The summed E-state index contributed by atoms with van der Waals surface area (Å²) < 4.78 is 36.3. The van der Waals surface area contributed by atoms with E-state index in [1.165, 1.54) is 32.1 Å². The lowest BCUT2D eigenvalue weighted by Gasteiger charge is -2.06. The van der Waals surface area contributed by atoms with Gasteiger partial charge in [0.25, 0.3) is 0 Å². The van der Waals surface area contributed by atoms with Gasteiger partial charge in [0.15, 0.2) is 9.84 Å². The first kappa shape index (κ1) is 33.3. The highest BCUT2D eigenvalue weighted by Gasteiger charge is 2.13. The third-order valence-corrected chi connectivity index (χ3v) is 8.81. The van der Waals surface area contributed by atoms with Crippen LogP contribution in [0.4, 0.5) is 0 Å². The van der Waals surface area contributed by atoms with Gasteiger partial charge in [0.05, 0.1) is 30.5 Å². The van der Waals surface area contributed by atoms with Crippen molar-refractivity contribution in [2.45, 2.75) is 63.2 Å². The summed E-state index contributed by atoms with van der Waals surface area (Å²) in [6, 6.07) is 23.3. The zero-order valence-corrected chi connectivity index (χ0v) is 25.7. The molecule has 0 saturated carbocycles. The summed E-state index contributed by atoms with van der Waals surface area (Å²) >= 11 is 0. The Labute approximate surface area is 252 Å². The van der Waals surface area contributed by atoms with Crippen molar-refractivity contribution in [2.75, 3.05) is 32.2 Å². The highest BCUT2D eigenvalue weighted by Crippen LogP contribution is 2.18. The Bertz CT molecular complexity index is 1310. The summed E-state index contributed by atoms with van der Waals surface area (Å²) in [6.07, 6.45) is 17.3. The Morgan fingerprint density at radius 2 is 1.05 bits per heavy atom. The largest absolute Gasteiger partial charge is 0.491 e. The minimum atomic E-state index is -3.23. The zero-order valence-electron chi connectivity index (χ0n) is 24.9. The van der Waals surface area contributed by atoms with Crippen LogP contribution in [0.5, 0.6) is 5.75 Å². The fourth-order valence-corrected chi connectivity index (χ4v) is 5.86. The maximum atomic E-state index is 12.7. The summed E-state index contributed by atoms with van der Waals surface area (Å²) in [7, 11) is -3.23. The molecule has 0 heterocycles. The molecule has 0 atom stereocenters. The third-order valence-electron chi connectivity index (χ3n) is 6.99. The van der Waals surface area contributed by atoms with Crippen molar-refractivity contribution in [3.8, 4) is 5.75 Å². The second-order valence-electron chi connectivity index (χ2n) is 10.4. The lowest BCUT2D eigenvalue weighted by Crippen LogP contribution is -2.08. The maximum absolute atomic E-state index is 12.7. The molecule has 0 radical (unpaired) electrons. The highest BCUT2D eigenvalue weighted by molar-refractivity contribution is 7.91. The molecule has 5 nitrogen and oxygen atoms in total. The van der Waals surface area contributed by atoms with Gasteiger partial charge in [0.2, 0.25) is 0 Å². The SMILES string of the molecule is CCCCCCCCCCS(=O)(=O)c1ccc(/C=C/c2ccc(/C=C/c3ccc(OCCOCCO)cc3)cc2)cc1. The molecule has 0 aliphatic rings. The Hall–Kier alpha value is -3.19. The predicted molar refractivity (Wildman–Crippen MR) is 175 cm³/mol. The minimum Gasteiger partial charge on any atom is -0.491 e. The van der Waals surface area contributed by atoms with Crippen LogP contribution in [0.2, 0.25) is 0 Å². The van der Waals surface area contributed by atoms with Crippen LogP contribution < -0.4 is 4.74 Å². The number of unbranched alkanes of at least 4 members (excludes halogenated alkanes) is 7. The molecule has 0 spiro atoms. The Balaban J connectivity index is 1.42. The molecule has 3 aromatic rings. The first-order valence-electron chi connectivity index (χ1n) is 15.2. The molecule has 3 aromatic carbocycles. The zero-order chi connectivity index (χ0) is 29.9. The number of hydrogen-bond acceptors (Lipinski definition) is 5. The van der Waals surface area contributed by atoms with Gasteiger partial charge in [-0.2, -0.15) is 0 Å². The summed E-state index contributed by atoms with van der Waals surface area (Å²) in [5, 5.41) is 8.71. The average Bonchev–Trinajstić information content (AvgIpc) is 3.01. The Kier molecular flexibility index (Phi) is 15.1. The van der Waals surface area contributed by atoms with Crippen molar-refractivity contribution in [3.05, 3.63) is 95.1 Å². The van der Waals surface area contributed by atoms with Crippen molar-refractivity contribution in [1.82, 2.24) is 0 Å². The molecule has 0 saturated heterocycles. The normalized spacial score (nSPS) is 12.0. The van der Waals surface area contributed by atoms with Crippen molar-refractivity contribution >= 4 is 34.1 Å². The van der Waals surface area contributed by atoms with E-state index < -0.39 is 9.84 Å². The van der Waals surface area contributed by atoms with Gasteiger partial charge in [-0.05, 0) is 52.9 Å². The number of rotatable bonds is 20. The van der Waals surface area contributed by atoms with E-state index in [4.69, 9.17) is 14.6 Å². The molecule has 6 heteroatoms. The number of aliphatic hydroxyl groups is 1.